The van der Waals surface area contributed by atoms with Crippen LogP contribution in [-0.2, 0) is 6.18 Å². The van der Waals surface area contributed by atoms with Crippen molar-refractivity contribution in [1.29, 1.82) is 0 Å². The van der Waals surface area contributed by atoms with Crippen LogP contribution in [0.4, 0.5) is 13.2 Å². The third-order valence-corrected chi connectivity index (χ3v) is 2.35. The number of aromatic nitrogens is 1. The molecule has 1 aromatic carbocycles. The molecule has 96 valence electrons. The van der Waals surface area contributed by atoms with Crippen molar-refractivity contribution in [2.45, 2.75) is 13.1 Å². The molecular formula is C12H10F3NO2. The van der Waals surface area contributed by atoms with E-state index in [1.807, 2.05) is 6.92 Å². The lowest BCUT2D eigenvalue weighted by Crippen LogP contribution is -2.07. The molecule has 1 aromatic heterocycles. The molecule has 0 unspecified atom stereocenters. The zero-order valence-electron chi connectivity index (χ0n) is 9.71. The standard InChI is InChI=1S/C12H10F3NO2/c1-7-3-5-8(6-4-7)10-16-9(12(13,14)15)11(17-2)18-10/h3-6H,1-2H3. The summed E-state index contributed by atoms with van der Waals surface area (Å²) in [6.07, 6.45) is -4.60. The summed E-state index contributed by atoms with van der Waals surface area (Å²) < 4.78 is 47.4. The molecule has 2 aromatic rings. The number of hydrogen-bond acceptors (Lipinski definition) is 3. The Hall–Kier alpha value is -1.98. The van der Waals surface area contributed by atoms with E-state index < -0.39 is 17.8 Å². The molecule has 0 aliphatic heterocycles. The Morgan fingerprint density at radius 3 is 2.22 bits per heavy atom. The van der Waals surface area contributed by atoms with Gasteiger partial charge in [-0.25, -0.2) is 4.98 Å². The lowest BCUT2D eigenvalue weighted by Gasteiger charge is -2.01. The molecule has 0 N–H and O–H groups in total. The monoisotopic (exact) mass is 257 g/mol. The molecule has 0 bridgehead atoms. The summed E-state index contributed by atoms with van der Waals surface area (Å²) in [6, 6.07) is 6.81. The highest BCUT2D eigenvalue weighted by Crippen LogP contribution is 2.38. The van der Waals surface area contributed by atoms with Gasteiger partial charge in [0.15, 0.2) is 0 Å². The molecule has 0 spiro atoms. The van der Waals surface area contributed by atoms with Crippen molar-refractivity contribution in [3.05, 3.63) is 35.5 Å². The van der Waals surface area contributed by atoms with Crippen molar-refractivity contribution >= 4 is 0 Å². The van der Waals surface area contributed by atoms with E-state index in [1.165, 1.54) is 0 Å². The van der Waals surface area contributed by atoms with E-state index in [-0.39, 0.29) is 5.89 Å². The first-order chi connectivity index (χ1) is 8.41. The highest BCUT2D eigenvalue weighted by molar-refractivity contribution is 5.54. The second-order valence-electron chi connectivity index (χ2n) is 3.72. The molecule has 6 heteroatoms. The molecule has 0 amide bonds. The Balaban J connectivity index is 2.47. The van der Waals surface area contributed by atoms with Gasteiger partial charge in [0.1, 0.15) is 0 Å². The zero-order valence-corrected chi connectivity index (χ0v) is 9.71. The molecule has 0 saturated carbocycles. The summed E-state index contributed by atoms with van der Waals surface area (Å²) in [4.78, 5) is 3.44. The Morgan fingerprint density at radius 2 is 1.78 bits per heavy atom. The SMILES string of the molecule is COc1oc(-c2ccc(C)cc2)nc1C(F)(F)F. The maximum Gasteiger partial charge on any atom is 0.440 e. The lowest BCUT2D eigenvalue weighted by atomic mass is 10.1. The highest BCUT2D eigenvalue weighted by atomic mass is 19.4. The summed E-state index contributed by atoms with van der Waals surface area (Å²) in [6.45, 7) is 1.88. The molecule has 0 saturated heterocycles. The second-order valence-corrected chi connectivity index (χ2v) is 3.72. The van der Waals surface area contributed by atoms with Crippen molar-refractivity contribution in [2.24, 2.45) is 0 Å². The summed E-state index contributed by atoms with van der Waals surface area (Å²) in [5.74, 6) is -0.739. The van der Waals surface area contributed by atoms with Crippen LogP contribution in [0, 0.1) is 6.92 Å². The Bertz CT molecular complexity index is 543. The van der Waals surface area contributed by atoms with Gasteiger partial charge in [-0.3, -0.25) is 0 Å². The number of aryl methyl sites for hydroxylation is 1. The van der Waals surface area contributed by atoms with Gasteiger partial charge < -0.3 is 9.15 Å². The summed E-state index contributed by atoms with van der Waals surface area (Å²) in [5, 5.41) is 0. The van der Waals surface area contributed by atoms with E-state index >= 15 is 0 Å². The minimum atomic E-state index is -4.60. The fourth-order valence-electron chi connectivity index (χ4n) is 1.44. The van der Waals surface area contributed by atoms with Crippen molar-refractivity contribution < 1.29 is 22.3 Å². The van der Waals surface area contributed by atoms with E-state index in [4.69, 9.17) is 4.42 Å². The first-order valence-electron chi connectivity index (χ1n) is 5.11. The van der Waals surface area contributed by atoms with Gasteiger partial charge in [0.25, 0.3) is 0 Å². The molecule has 3 nitrogen and oxygen atoms in total. The van der Waals surface area contributed by atoms with Gasteiger partial charge >= 0.3 is 12.1 Å². The molecule has 0 aliphatic carbocycles. The third kappa shape index (κ3) is 2.32. The molecule has 18 heavy (non-hydrogen) atoms. The van der Waals surface area contributed by atoms with Crippen LogP contribution in [-0.4, -0.2) is 12.1 Å². The van der Waals surface area contributed by atoms with E-state index in [0.29, 0.717) is 5.56 Å². The molecule has 0 atom stereocenters. The fourth-order valence-corrected chi connectivity index (χ4v) is 1.44. The van der Waals surface area contributed by atoms with E-state index in [9.17, 15) is 13.2 Å². The van der Waals surface area contributed by atoms with Gasteiger partial charge in [0, 0.05) is 5.56 Å². The first kappa shape index (κ1) is 12.5. The smallest absolute Gasteiger partial charge is 0.440 e. The van der Waals surface area contributed by atoms with Crippen molar-refractivity contribution in [3.63, 3.8) is 0 Å². The maximum absolute atomic E-state index is 12.6. The van der Waals surface area contributed by atoms with Crippen LogP contribution in [0.1, 0.15) is 11.3 Å². The van der Waals surface area contributed by atoms with Gasteiger partial charge in [0.05, 0.1) is 7.11 Å². The van der Waals surface area contributed by atoms with Crippen LogP contribution in [0.25, 0.3) is 11.5 Å². The molecular weight excluding hydrogens is 247 g/mol. The Morgan fingerprint density at radius 1 is 1.17 bits per heavy atom. The van der Waals surface area contributed by atoms with Gasteiger partial charge in [0.2, 0.25) is 11.6 Å². The van der Waals surface area contributed by atoms with Crippen LogP contribution in [0.5, 0.6) is 5.95 Å². The summed E-state index contributed by atoms with van der Waals surface area (Å²) in [7, 11) is 1.11. The van der Waals surface area contributed by atoms with Gasteiger partial charge in [-0.05, 0) is 19.1 Å². The molecule has 0 fully saturated rings. The first-order valence-corrected chi connectivity index (χ1v) is 5.11. The van der Waals surface area contributed by atoms with E-state index in [1.54, 1.807) is 24.3 Å². The number of nitrogens with zero attached hydrogens (tertiary/aromatic N) is 1. The Kier molecular flexibility index (Phi) is 3.02. The van der Waals surface area contributed by atoms with Crippen LogP contribution in [0.15, 0.2) is 28.7 Å². The van der Waals surface area contributed by atoms with E-state index in [0.717, 1.165) is 12.7 Å². The summed E-state index contributed by atoms with van der Waals surface area (Å²) >= 11 is 0. The number of hydrogen-bond donors (Lipinski definition) is 0. The topological polar surface area (TPSA) is 35.3 Å². The Labute approximate surface area is 101 Å². The van der Waals surface area contributed by atoms with Crippen molar-refractivity contribution in [1.82, 2.24) is 4.98 Å². The average Bonchev–Trinajstić information content (AvgIpc) is 2.73. The van der Waals surface area contributed by atoms with Crippen LogP contribution < -0.4 is 4.74 Å². The second kappa shape index (κ2) is 4.36. The van der Waals surface area contributed by atoms with Gasteiger partial charge in [-0.2, -0.15) is 13.2 Å². The number of methoxy groups -OCH3 is 1. The predicted octanol–water partition coefficient (Wildman–Crippen LogP) is 3.68. The normalized spacial score (nSPS) is 11.6. The van der Waals surface area contributed by atoms with Gasteiger partial charge in [-0.1, -0.05) is 17.7 Å². The molecule has 0 radical (unpaired) electrons. The van der Waals surface area contributed by atoms with Crippen LogP contribution >= 0.6 is 0 Å². The molecule has 1 heterocycles. The van der Waals surface area contributed by atoms with Crippen molar-refractivity contribution in [3.8, 4) is 17.4 Å². The molecule has 2 rings (SSSR count). The maximum atomic E-state index is 12.6. The zero-order chi connectivity index (χ0) is 13.3. The quantitative estimate of drug-likeness (QED) is 0.823. The van der Waals surface area contributed by atoms with E-state index in [2.05, 4.69) is 9.72 Å². The van der Waals surface area contributed by atoms with Crippen molar-refractivity contribution in [2.75, 3.05) is 7.11 Å². The number of rotatable bonds is 2. The number of alkyl halides is 3. The minimum absolute atomic E-state index is 0.112. The highest BCUT2D eigenvalue weighted by Gasteiger charge is 2.40. The largest absolute Gasteiger partial charge is 0.467 e. The molecule has 0 aliphatic rings. The number of benzene rings is 1. The van der Waals surface area contributed by atoms with Crippen LogP contribution in [0.2, 0.25) is 0 Å². The summed E-state index contributed by atoms with van der Waals surface area (Å²) in [5.41, 5.74) is 0.309. The third-order valence-electron chi connectivity index (χ3n) is 2.35. The fraction of sp³-hybridized carbons (Fsp3) is 0.250. The van der Waals surface area contributed by atoms with Gasteiger partial charge in [-0.15, -0.1) is 0 Å². The number of oxazole rings is 1. The lowest BCUT2D eigenvalue weighted by molar-refractivity contribution is -0.142. The number of halogens is 3. The predicted molar refractivity (Wildman–Crippen MR) is 58.2 cm³/mol. The minimum Gasteiger partial charge on any atom is -0.467 e. The van der Waals surface area contributed by atoms with Crippen LogP contribution in [0.3, 0.4) is 0 Å². The number of ether oxygens (including phenoxy) is 1. The average molecular weight is 257 g/mol.